The number of hydrogen-bond acceptors (Lipinski definition) is 3. The molecular formula is C18H28N2S. The number of likely N-dealkylation sites (tertiary alicyclic amines) is 1. The van der Waals surface area contributed by atoms with Crippen LogP contribution in [0.4, 0.5) is 0 Å². The second kappa shape index (κ2) is 7.66. The largest absolute Gasteiger partial charge is 0.307 e. The number of piperidine rings is 1. The Bertz CT molecular complexity index is 441. The van der Waals surface area contributed by atoms with Gasteiger partial charge in [-0.2, -0.15) is 0 Å². The third kappa shape index (κ3) is 4.02. The Hall–Kier alpha value is -0.510. The first-order chi connectivity index (χ1) is 10.4. The highest BCUT2D eigenvalue weighted by Gasteiger charge is 2.25. The van der Waals surface area contributed by atoms with Gasteiger partial charge in [0.2, 0.25) is 0 Å². The maximum atomic E-state index is 3.95. The third-order valence-corrected chi connectivity index (χ3v) is 5.93. The molecule has 116 valence electrons. The Balaban J connectivity index is 1.52. The predicted molar refractivity (Wildman–Crippen MR) is 92.0 cm³/mol. The molecule has 0 spiro atoms. The van der Waals surface area contributed by atoms with E-state index in [-0.39, 0.29) is 0 Å². The zero-order valence-corrected chi connectivity index (χ0v) is 14.0. The van der Waals surface area contributed by atoms with Crippen LogP contribution in [0.3, 0.4) is 0 Å². The summed E-state index contributed by atoms with van der Waals surface area (Å²) in [5, 5.41) is 3.95. The van der Waals surface area contributed by atoms with Gasteiger partial charge in [0.05, 0.1) is 0 Å². The normalized spacial score (nSPS) is 24.0. The fourth-order valence-electron chi connectivity index (χ4n) is 3.50. The smallest absolute Gasteiger partial charge is 0.0341 e. The van der Waals surface area contributed by atoms with Gasteiger partial charge in [-0.3, -0.25) is 0 Å². The highest BCUT2D eigenvalue weighted by Crippen LogP contribution is 2.36. The van der Waals surface area contributed by atoms with E-state index in [0.29, 0.717) is 12.1 Å². The Morgan fingerprint density at radius 1 is 1.19 bits per heavy atom. The number of hydrogen-bond donors (Lipinski definition) is 1. The number of nitrogens with zero attached hydrogens (tertiary/aromatic N) is 1. The van der Waals surface area contributed by atoms with Gasteiger partial charge in [-0.1, -0.05) is 31.5 Å². The van der Waals surface area contributed by atoms with E-state index < -0.39 is 0 Å². The Morgan fingerprint density at radius 2 is 2.00 bits per heavy atom. The molecule has 0 aromatic heterocycles. The molecule has 0 saturated carbocycles. The number of fused-ring (bicyclic) bond motifs is 1. The molecule has 0 radical (unpaired) electrons. The number of unbranched alkanes of at least 4 members (excludes halogenated alkanes) is 1. The summed E-state index contributed by atoms with van der Waals surface area (Å²) in [5.74, 6) is 1.25. The number of thioether (sulfide) groups is 1. The molecule has 0 amide bonds. The number of rotatable bonds is 5. The molecule has 21 heavy (non-hydrogen) atoms. The SMILES string of the molecule is CCCCN1CCC(NC2CCSc3ccccc32)CC1. The average Bonchev–Trinajstić information content (AvgIpc) is 2.55. The molecule has 1 fully saturated rings. The Labute approximate surface area is 133 Å². The van der Waals surface area contributed by atoms with E-state index >= 15 is 0 Å². The molecule has 1 aromatic carbocycles. The fraction of sp³-hybridized carbons (Fsp3) is 0.667. The van der Waals surface area contributed by atoms with E-state index in [9.17, 15) is 0 Å². The summed E-state index contributed by atoms with van der Waals surface area (Å²) in [5.41, 5.74) is 1.53. The van der Waals surface area contributed by atoms with Gasteiger partial charge in [-0.15, -0.1) is 11.8 Å². The maximum absolute atomic E-state index is 3.95. The van der Waals surface area contributed by atoms with Gasteiger partial charge in [0.15, 0.2) is 0 Å². The number of benzene rings is 1. The van der Waals surface area contributed by atoms with Gasteiger partial charge < -0.3 is 10.2 Å². The summed E-state index contributed by atoms with van der Waals surface area (Å²) in [6.45, 7) is 6.14. The van der Waals surface area contributed by atoms with Crippen molar-refractivity contribution >= 4 is 11.8 Å². The van der Waals surface area contributed by atoms with Crippen molar-refractivity contribution in [3.05, 3.63) is 29.8 Å². The van der Waals surface area contributed by atoms with Crippen LogP contribution in [0.2, 0.25) is 0 Å². The zero-order chi connectivity index (χ0) is 14.5. The van der Waals surface area contributed by atoms with Crippen molar-refractivity contribution in [2.24, 2.45) is 0 Å². The van der Waals surface area contributed by atoms with E-state index in [2.05, 4.69) is 41.4 Å². The van der Waals surface area contributed by atoms with Crippen LogP contribution in [0.1, 0.15) is 50.6 Å². The van der Waals surface area contributed by atoms with Crippen molar-refractivity contribution in [3.8, 4) is 0 Å². The van der Waals surface area contributed by atoms with Gasteiger partial charge >= 0.3 is 0 Å². The highest BCUT2D eigenvalue weighted by molar-refractivity contribution is 7.99. The first-order valence-electron chi connectivity index (χ1n) is 8.57. The molecule has 0 bridgehead atoms. The summed E-state index contributed by atoms with van der Waals surface area (Å²) in [6, 6.07) is 10.2. The van der Waals surface area contributed by atoms with Gasteiger partial charge in [-0.25, -0.2) is 0 Å². The molecule has 2 aliphatic heterocycles. The first kappa shape index (κ1) is 15.4. The molecule has 1 aromatic rings. The molecule has 1 atom stereocenters. The molecule has 3 rings (SSSR count). The van der Waals surface area contributed by atoms with Gasteiger partial charge in [0.1, 0.15) is 0 Å². The summed E-state index contributed by atoms with van der Waals surface area (Å²) >= 11 is 2.02. The quantitative estimate of drug-likeness (QED) is 0.882. The van der Waals surface area contributed by atoms with Crippen LogP contribution in [0.25, 0.3) is 0 Å². The first-order valence-corrected chi connectivity index (χ1v) is 9.55. The minimum atomic E-state index is 0.578. The van der Waals surface area contributed by atoms with Crippen molar-refractivity contribution in [2.75, 3.05) is 25.4 Å². The average molecular weight is 305 g/mol. The van der Waals surface area contributed by atoms with E-state index in [1.54, 1.807) is 0 Å². The van der Waals surface area contributed by atoms with Crippen molar-refractivity contribution in [1.29, 1.82) is 0 Å². The molecule has 1 unspecified atom stereocenters. The van der Waals surface area contributed by atoms with Crippen molar-refractivity contribution < 1.29 is 0 Å². The lowest BCUT2D eigenvalue weighted by Gasteiger charge is -2.36. The van der Waals surface area contributed by atoms with Crippen LogP contribution in [0.5, 0.6) is 0 Å². The van der Waals surface area contributed by atoms with E-state index in [1.807, 2.05) is 11.8 Å². The fourth-order valence-corrected chi connectivity index (χ4v) is 4.63. The van der Waals surface area contributed by atoms with E-state index in [1.165, 1.54) is 68.0 Å². The number of nitrogens with one attached hydrogen (secondary N) is 1. The molecule has 1 saturated heterocycles. The molecule has 2 heterocycles. The molecule has 0 aliphatic carbocycles. The molecule has 2 aliphatic rings. The van der Waals surface area contributed by atoms with Crippen molar-refractivity contribution in [3.63, 3.8) is 0 Å². The maximum Gasteiger partial charge on any atom is 0.0341 e. The van der Waals surface area contributed by atoms with Crippen LogP contribution in [0.15, 0.2) is 29.2 Å². The summed E-state index contributed by atoms with van der Waals surface area (Å²) in [4.78, 5) is 4.13. The van der Waals surface area contributed by atoms with Gasteiger partial charge in [0.25, 0.3) is 0 Å². The van der Waals surface area contributed by atoms with Crippen molar-refractivity contribution in [1.82, 2.24) is 10.2 Å². The zero-order valence-electron chi connectivity index (χ0n) is 13.2. The van der Waals surface area contributed by atoms with Gasteiger partial charge in [0, 0.05) is 17.0 Å². The van der Waals surface area contributed by atoms with Crippen LogP contribution >= 0.6 is 11.8 Å². The minimum absolute atomic E-state index is 0.578. The molecule has 1 N–H and O–H groups in total. The minimum Gasteiger partial charge on any atom is -0.307 e. The van der Waals surface area contributed by atoms with E-state index in [0.717, 1.165) is 0 Å². The van der Waals surface area contributed by atoms with Crippen LogP contribution < -0.4 is 5.32 Å². The molecule has 3 heteroatoms. The predicted octanol–water partition coefficient (Wildman–Crippen LogP) is 4.08. The lowest BCUT2D eigenvalue weighted by molar-refractivity contribution is 0.187. The summed E-state index contributed by atoms with van der Waals surface area (Å²) in [7, 11) is 0. The van der Waals surface area contributed by atoms with Crippen molar-refractivity contribution in [2.45, 2.75) is 56.0 Å². The topological polar surface area (TPSA) is 15.3 Å². The molecule has 2 nitrogen and oxygen atoms in total. The standard InChI is InChI=1S/C18H28N2S/c1-2-3-11-20-12-8-15(9-13-20)19-17-10-14-21-18-7-5-4-6-16(17)18/h4-7,15,17,19H,2-3,8-14H2,1H3. The lowest BCUT2D eigenvalue weighted by atomic mass is 9.99. The molecular weight excluding hydrogens is 276 g/mol. The Kier molecular flexibility index (Phi) is 5.61. The summed E-state index contributed by atoms with van der Waals surface area (Å²) in [6.07, 6.45) is 6.57. The highest BCUT2D eigenvalue weighted by atomic mass is 32.2. The van der Waals surface area contributed by atoms with Crippen LogP contribution in [-0.2, 0) is 0 Å². The van der Waals surface area contributed by atoms with E-state index in [4.69, 9.17) is 0 Å². The van der Waals surface area contributed by atoms with Crippen LogP contribution in [-0.4, -0.2) is 36.3 Å². The third-order valence-electron chi connectivity index (χ3n) is 4.81. The van der Waals surface area contributed by atoms with Crippen LogP contribution in [0, 0.1) is 0 Å². The van der Waals surface area contributed by atoms with Gasteiger partial charge in [-0.05, 0) is 62.7 Å². The second-order valence-electron chi connectivity index (χ2n) is 6.36. The monoisotopic (exact) mass is 304 g/mol. The summed E-state index contributed by atoms with van der Waals surface area (Å²) < 4.78 is 0. The lowest BCUT2D eigenvalue weighted by Crippen LogP contribution is -2.44. The Morgan fingerprint density at radius 3 is 2.81 bits per heavy atom. The second-order valence-corrected chi connectivity index (χ2v) is 7.50.